The summed E-state index contributed by atoms with van der Waals surface area (Å²) in [6.07, 6.45) is 0. The van der Waals surface area contributed by atoms with E-state index >= 15 is 0 Å². The quantitative estimate of drug-likeness (QED) is 0.387. The van der Waals surface area contributed by atoms with Gasteiger partial charge in [0.15, 0.2) is 0 Å². The van der Waals surface area contributed by atoms with Gasteiger partial charge in [-0.3, -0.25) is 0 Å². The average molecular weight is 494 g/mol. The van der Waals surface area contributed by atoms with Crippen molar-refractivity contribution in [1.29, 1.82) is 0 Å². The third-order valence-corrected chi connectivity index (χ3v) is 5.95. The van der Waals surface area contributed by atoms with Gasteiger partial charge in [0, 0.05) is 29.0 Å². The Labute approximate surface area is 140 Å². The Kier molecular flexibility index (Phi) is 5.08. The van der Waals surface area contributed by atoms with Crippen LogP contribution in [0.5, 0.6) is 0 Å². The molecule has 0 fully saturated rings. The fourth-order valence-corrected chi connectivity index (χ4v) is 2.54. The second-order valence-corrected chi connectivity index (χ2v) is 6.93. The SMILES string of the molecule is Brc1ccc(C#Cc2ccc(Br)c(Br)c2)cc1Br. The predicted octanol–water partition coefficient (Wildman–Crippen LogP) is 6.14. The van der Waals surface area contributed by atoms with Gasteiger partial charge in [-0.1, -0.05) is 11.8 Å². The summed E-state index contributed by atoms with van der Waals surface area (Å²) in [4.78, 5) is 0. The highest BCUT2D eigenvalue weighted by Gasteiger charge is 1.97. The van der Waals surface area contributed by atoms with Gasteiger partial charge in [-0.05, 0) is 100 Å². The molecule has 2 aromatic rings. The molecule has 0 bridgehead atoms. The van der Waals surface area contributed by atoms with Crippen molar-refractivity contribution in [1.82, 2.24) is 0 Å². The Morgan fingerprint density at radius 3 is 1.28 bits per heavy atom. The van der Waals surface area contributed by atoms with Crippen LogP contribution in [0.3, 0.4) is 0 Å². The molecule has 0 saturated carbocycles. The van der Waals surface area contributed by atoms with Crippen LogP contribution in [-0.2, 0) is 0 Å². The van der Waals surface area contributed by atoms with Gasteiger partial charge in [-0.25, -0.2) is 0 Å². The predicted molar refractivity (Wildman–Crippen MR) is 89.7 cm³/mol. The van der Waals surface area contributed by atoms with Crippen molar-refractivity contribution >= 4 is 63.7 Å². The smallest absolute Gasteiger partial charge is 0.0329 e. The fraction of sp³-hybridized carbons (Fsp3) is 0. The van der Waals surface area contributed by atoms with E-state index in [0.29, 0.717) is 0 Å². The van der Waals surface area contributed by atoms with Crippen molar-refractivity contribution in [3.63, 3.8) is 0 Å². The van der Waals surface area contributed by atoms with Gasteiger partial charge in [0.05, 0.1) is 0 Å². The molecule has 0 atom stereocenters. The van der Waals surface area contributed by atoms with Crippen LogP contribution in [0.4, 0.5) is 0 Å². The molecule has 2 aromatic carbocycles. The van der Waals surface area contributed by atoms with Crippen LogP contribution in [0.2, 0.25) is 0 Å². The average Bonchev–Trinajstić information content (AvgIpc) is 2.35. The number of benzene rings is 2. The van der Waals surface area contributed by atoms with Crippen LogP contribution >= 0.6 is 63.7 Å². The lowest BCUT2D eigenvalue weighted by Crippen LogP contribution is -1.78. The molecule has 0 unspecified atom stereocenters. The zero-order chi connectivity index (χ0) is 13.1. The number of hydrogen-bond donors (Lipinski definition) is 0. The van der Waals surface area contributed by atoms with E-state index in [0.717, 1.165) is 29.0 Å². The molecule has 0 saturated heterocycles. The molecule has 0 radical (unpaired) electrons. The van der Waals surface area contributed by atoms with E-state index in [4.69, 9.17) is 0 Å². The molecule has 0 aromatic heterocycles. The van der Waals surface area contributed by atoms with E-state index in [1.54, 1.807) is 0 Å². The maximum Gasteiger partial charge on any atom is 0.0329 e. The highest BCUT2D eigenvalue weighted by Crippen LogP contribution is 2.24. The van der Waals surface area contributed by atoms with Gasteiger partial charge in [0.1, 0.15) is 0 Å². The summed E-state index contributed by atoms with van der Waals surface area (Å²) in [6, 6.07) is 11.9. The first-order chi connectivity index (χ1) is 8.56. The lowest BCUT2D eigenvalue weighted by molar-refractivity contribution is 1.53. The second-order valence-electron chi connectivity index (χ2n) is 3.51. The van der Waals surface area contributed by atoms with Gasteiger partial charge in [-0.15, -0.1) is 0 Å². The third-order valence-electron chi connectivity index (χ3n) is 2.19. The standard InChI is InChI=1S/C14H6Br4/c15-11-5-3-9(7-13(11)17)1-2-10-4-6-12(16)14(18)8-10/h3-8H. The third kappa shape index (κ3) is 3.71. The van der Waals surface area contributed by atoms with E-state index < -0.39 is 0 Å². The molecule has 0 heterocycles. The summed E-state index contributed by atoms with van der Waals surface area (Å²) < 4.78 is 4.07. The van der Waals surface area contributed by atoms with Gasteiger partial charge >= 0.3 is 0 Å². The molecule has 0 amide bonds. The van der Waals surface area contributed by atoms with Crippen LogP contribution in [0.25, 0.3) is 0 Å². The van der Waals surface area contributed by atoms with E-state index in [1.807, 2.05) is 36.4 Å². The first-order valence-corrected chi connectivity index (χ1v) is 8.15. The molecule has 0 aliphatic heterocycles. The summed E-state index contributed by atoms with van der Waals surface area (Å²) in [5, 5.41) is 0. The van der Waals surface area contributed by atoms with Crippen molar-refractivity contribution in [2.24, 2.45) is 0 Å². The molecule has 2 rings (SSSR count). The molecule has 0 N–H and O–H groups in total. The van der Waals surface area contributed by atoms with Crippen LogP contribution in [0.1, 0.15) is 11.1 Å². The Morgan fingerprint density at radius 2 is 0.944 bits per heavy atom. The first kappa shape index (κ1) is 14.3. The topological polar surface area (TPSA) is 0 Å². The van der Waals surface area contributed by atoms with Crippen LogP contribution in [-0.4, -0.2) is 0 Å². The lowest BCUT2D eigenvalue weighted by atomic mass is 10.2. The zero-order valence-corrected chi connectivity index (χ0v) is 15.3. The molecule has 4 heteroatoms. The molecule has 18 heavy (non-hydrogen) atoms. The Bertz CT molecular complexity index is 595. The fourth-order valence-electron chi connectivity index (χ4n) is 1.29. The normalized spacial score (nSPS) is 9.78. The van der Waals surface area contributed by atoms with Crippen molar-refractivity contribution in [3.8, 4) is 11.8 Å². The van der Waals surface area contributed by atoms with Gasteiger partial charge < -0.3 is 0 Å². The maximum atomic E-state index is 3.47. The van der Waals surface area contributed by atoms with Gasteiger partial charge in [0.25, 0.3) is 0 Å². The molecule has 0 aliphatic rings. The van der Waals surface area contributed by atoms with Crippen molar-refractivity contribution in [3.05, 3.63) is 65.4 Å². The summed E-state index contributed by atoms with van der Waals surface area (Å²) in [5.74, 6) is 6.28. The number of halogens is 4. The molecule has 90 valence electrons. The summed E-state index contributed by atoms with van der Waals surface area (Å²) in [7, 11) is 0. The highest BCUT2D eigenvalue weighted by molar-refractivity contribution is 9.13. The van der Waals surface area contributed by atoms with E-state index in [-0.39, 0.29) is 0 Å². The van der Waals surface area contributed by atoms with Gasteiger partial charge in [0.2, 0.25) is 0 Å². The Balaban J connectivity index is 2.30. The van der Waals surface area contributed by atoms with Crippen LogP contribution in [0, 0.1) is 11.8 Å². The largest absolute Gasteiger partial charge is 0.0616 e. The minimum absolute atomic E-state index is 0.976. The summed E-state index contributed by atoms with van der Waals surface area (Å²) in [5.41, 5.74) is 1.95. The Morgan fingerprint density at radius 1 is 0.556 bits per heavy atom. The molecule has 0 nitrogen and oxygen atoms in total. The lowest BCUT2D eigenvalue weighted by Gasteiger charge is -1.97. The van der Waals surface area contributed by atoms with Crippen LogP contribution in [0.15, 0.2) is 54.3 Å². The van der Waals surface area contributed by atoms with Crippen molar-refractivity contribution in [2.75, 3.05) is 0 Å². The number of hydrogen-bond acceptors (Lipinski definition) is 0. The Hall–Kier alpha value is -0.0800. The van der Waals surface area contributed by atoms with Crippen LogP contribution < -0.4 is 0 Å². The minimum Gasteiger partial charge on any atom is -0.0616 e. The van der Waals surface area contributed by atoms with E-state index in [9.17, 15) is 0 Å². The summed E-state index contributed by atoms with van der Waals surface area (Å²) >= 11 is 13.8. The summed E-state index contributed by atoms with van der Waals surface area (Å²) in [6.45, 7) is 0. The maximum absolute atomic E-state index is 3.47. The second kappa shape index (κ2) is 6.38. The van der Waals surface area contributed by atoms with Crippen molar-refractivity contribution in [2.45, 2.75) is 0 Å². The first-order valence-electron chi connectivity index (χ1n) is 4.98. The number of rotatable bonds is 0. The zero-order valence-electron chi connectivity index (χ0n) is 8.98. The van der Waals surface area contributed by atoms with Crippen molar-refractivity contribution < 1.29 is 0 Å². The monoisotopic (exact) mass is 490 g/mol. The highest BCUT2D eigenvalue weighted by atomic mass is 79.9. The molecular formula is C14H6Br4. The van der Waals surface area contributed by atoms with E-state index in [2.05, 4.69) is 75.6 Å². The molecular weight excluding hydrogens is 488 g/mol. The molecule has 0 aliphatic carbocycles. The minimum atomic E-state index is 0.976. The van der Waals surface area contributed by atoms with Gasteiger partial charge in [-0.2, -0.15) is 0 Å². The molecule has 0 spiro atoms. The van der Waals surface area contributed by atoms with E-state index in [1.165, 1.54) is 0 Å².